The number of halogens is 1. The van der Waals surface area contributed by atoms with Crippen molar-refractivity contribution in [1.29, 1.82) is 0 Å². The van der Waals surface area contributed by atoms with Crippen LogP contribution in [-0.4, -0.2) is 26.9 Å². The monoisotopic (exact) mass is 395 g/mol. The molecule has 1 atom stereocenters. The van der Waals surface area contributed by atoms with Crippen molar-refractivity contribution in [1.82, 2.24) is 10.0 Å². The molecule has 1 amide bonds. The Labute approximate surface area is 159 Å². The highest BCUT2D eigenvalue weighted by molar-refractivity contribution is 7.89. The van der Waals surface area contributed by atoms with Crippen molar-refractivity contribution in [2.75, 3.05) is 11.9 Å². The standard InChI is InChI=1S/C18H22ClN3O3S/c1-3-20-12-14-6-4-5-7-17(14)21-18(23)13(2)22-26(24,25)16-10-8-15(19)9-11-16/h4-11,13,20,22H,3,12H2,1-2H3,(H,21,23). The fourth-order valence-electron chi connectivity index (χ4n) is 2.27. The lowest BCUT2D eigenvalue weighted by atomic mass is 10.1. The molecule has 0 aliphatic heterocycles. The summed E-state index contributed by atoms with van der Waals surface area (Å²) in [5.41, 5.74) is 1.58. The Bertz CT molecular complexity index is 854. The molecular formula is C18H22ClN3O3S. The van der Waals surface area contributed by atoms with Crippen LogP contribution in [0.1, 0.15) is 19.4 Å². The minimum Gasteiger partial charge on any atom is -0.324 e. The molecule has 0 aliphatic carbocycles. The second-order valence-corrected chi connectivity index (χ2v) is 7.87. The molecule has 1 unspecified atom stereocenters. The zero-order valence-corrected chi connectivity index (χ0v) is 16.2. The molecule has 0 saturated carbocycles. The van der Waals surface area contributed by atoms with E-state index in [-0.39, 0.29) is 4.90 Å². The summed E-state index contributed by atoms with van der Waals surface area (Å²) in [6.45, 7) is 4.90. The Morgan fingerprint density at radius 1 is 1.12 bits per heavy atom. The minimum absolute atomic E-state index is 0.0501. The molecule has 6 nitrogen and oxygen atoms in total. The van der Waals surface area contributed by atoms with Crippen LogP contribution in [0.25, 0.3) is 0 Å². The largest absolute Gasteiger partial charge is 0.324 e. The molecule has 140 valence electrons. The number of para-hydroxylation sites is 1. The molecule has 0 fully saturated rings. The van der Waals surface area contributed by atoms with Crippen molar-refractivity contribution in [3.05, 3.63) is 59.1 Å². The van der Waals surface area contributed by atoms with Crippen LogP contribution in [0.2, 0.25) is 5.02 Å². The second-order valence-electron chi connectivity index (χ2n) is 5.72. The van der Waals surface area contributed by atoms with Gasteiger partial charge in [0.05, 0.1) is 10.9 Å². The van der Waals surface area contributed by atoms with Crippen LogP contribution in [0, 0.1) is 0 Å². The molecule has 0 radical (unpaired) electrons. The summed E-state index contributed by atoms with van der Waals surface area (Å²) >= 11 is 5.77. The van der Waals surface area contributed by atoms with Gasteiger partial charge < -0.3 is 10.6 Å². The van der Waals surface area contributed by atoms with Gasteiger partial charge in [-0.3, -0.25) is 4.79 Å². The number of rotatable bonds is 8. The molecule has 8 heteroatoms. The number of hydrogen-bond donors (Lipinski definition) is 3. The van der Waals surface area contributed by atoms with Gasteiger partial charge in [0.1, 0.15) is 0 Å². The van der Waals surface area contributed by atoms with Gasteiger partial charge in [-0.15, -0.1) is 0 Å². The zero-order valence-electron chi connectivity index (χ0n) is 14.6. The number of benzene rings is 2. The van der Waals surface area contributed by atoms with E-state index in [9.17, 15) is 13.2 Å². The van der Waals surface area contributed by atoms with E-state index in [1.54, 1.807) is 6.07 Å². The first-order chi connectivity index (χ1) is 12.3. The molecule has 2 aromatic carbocycles. The fourth-order valence-corrected chi connectivity index (χ4v) is 3.59. The first kappa shape index (κ1) is 20.4. The summed E-state index contributed by atoms with van der Waals surface area (Å²) in [6.07, 6.45) is 0. The summed E-state index contributed by atoms with van der Waals surface area (Å²) in [7, 11) is -3.82. The smallest absolute Gasteiger partial charge is 0.242 e. The third kappa shape index (κ3) is 5.54. The quantitative estimate of drug-likeness (QED) is 0.641. The average Bonchev–Trinajstić information content (AvgIpc) is 2.61. The molecule has 0 saturated heterocycles. The third-order valence-electron chi connectivity index (χ3n) is 3.69. The summed E-state index contributed by atoms with van der Waals surface area (Å²) in [5, 5.41) is 6.41. The first-order valence-electron chi connectivity index (χ1n) is 8.21. The average molecular weight is 396 g/mol. The highest BCUT2D eigenvalue weighted by Crippen LogP contribution is 2.16. The lowest BCUT2D eigenvalue weighted by Gasteiger charge is -2.16. The number of nitrogens with one attached hydrogen (secondary N) is 3. The second kappa shape index (κ2) is 9.14. The van der Waals surface area contributed by atoms with Gasteiger partial charge in [0.15, 0.2) is 0 Å². The number of hydrogen-bond acceptors (Lipinski definition) is 4. The highest BCUT2D eigenvalue weighted by Gasteiger charge is 2.22. The Morgan fingerprint density at radius 3 is 2.42 bits per heavy atom. The Balaban J connectivity index is 2.07. The lowest BCUT2D eigenvalue weighted by molar-refractivity contribution is -0.117. The van der Waals surface area contributed by atoms with E-state index in [4.69, 9.17) is 11.6 Å². The number of carbonyl (C=O) groups excluding carboxylic acids is 1. The summed E-state index contributed by atoms with van der Waals surface area (Å²) in [4.78, 5) is 12.5. The normalized spacial score (nSPS) is 12.6. The maximum atomic E-state index is 12.4. The molecule has 3 N–H and O–H groups in total. The van der Waals surface area contributed by atoms with E-state index in [0.29, 0.717) is 17.3 Å². The van der Waals surface area contributed by atoms with E-state index < -0.39 is 22.0 Å². The molecule has 0 spiro atoms. The van der Waals surface area contributed by atoms with Gasteiger partial charge in [0.25, 0.3) is 0 Å². The van der Waals surface area contributed by atoms with Crippen LogP contribution in [0.5, 0.6) is 0 Å². The van der Waals surface area contributed by atoms with Crippen molar-refractivity contribution in [3.63, 3.8) is 0 Å². The summed E-state index contributed by atoms with van der Waals surface area (Å²) < 4.78 is 27.1. The Morgan fingerprint density at radius 2 is 1.77 bits per heavy atom. The van der Waals surface area contributed by atoms with Crippen LogP contribution in [0.15, 0.2) is 53.4 Å². The minimum atomic E-state index is -3.82. The molecule has 2 aromatic rings. The van der Waals surface area contributed by atoms with E-state index in [2.05, 4.69) is 15.4 Å². The van der Waals surface area contributed by atoms with Crippen molar-refractivity contribution in [2.24, 2.45) is 0 Å². The van der Waals surface area contributed by atoms with E-state index in [0.717, 1.165) is 12.1 Å². The van der Waals surface area contributed by atoms with Crippen LogP contribution in [-0.2, 0) is 21.4 Å². The Kier molecular flexibility index (Phi) is 7.16. The third-order valence-corrected chi connectivity index (χ3v) is 5.50. The van der Waals surface area contributed by atoms with Crippen molar-refractivity contribution in [2.45, 2.75) is 31.3 Å². The van der Waals surface area contributed by atoms with Gasteiger partial charge >= 0.3 is 0 Å². The fraction of sp³-hybridized carbons (Fsp3) is 0.278. The molecular weight excluding hydrogens is 374 g/mol. The highest BCUT2D eigenvalue weighted by atomic mass is 35.5. The van der Waals surface area contributed by atoms with Crippen molar-refractivity contribution < 1.29 is 13.2 Å². The van der Waals surface area contributed by atoms with Crippen LogP contribution < -0.4 is 15.4 Å². The van der Waals surface area contributed by atoms with Gasteiger partial charge in [-0.2, -0.15) is 4.72 Å². The lowest BCUT2D eigenvalue weighted by Crippen LogP contribution is -2.41. The van der Waals surface area contributed by atoms with Gasteiger partial charge in [-0.05, 0) is 49.4 Å². The molecule has 2 rings (SSSR count). The van der Waals surface area contributed by atoms with E-state index >= 15 is 0 Å². The van der Waals surface area contributed by atoms with Crippen molar-refractivity contribution >= 4 is 33.2 Å². The van der Waals surface area contributed by atoms with E-state index in [1.165, 1.54) is 31.2 Å². The summed E-state index contributed by atoms with van der Waals surface area (Å²) in [5.74, 6) is -0.438. The number of anilines is 1. The zero-order chi connectivity index (χ0) is 19.2. The van der Waals surface area contributed by atoms with Gasteiger partial charge in [-0.1, -0.05) is 36.7 Å². The number of amides is 1. The molecule has 0 bridgehead atoms. The predicted octanol–water partition coefficient (Wildman–Crippen LogP) is 2.76. The maximum Gasteiger partial charge on any atom is 0.242 e. The number of sulfonamides is 1. The van der Waals surface area contributed by atoms with Crippen molar-refractivity contribution in [3.8, 4) is 0 Å². The predicted molar refractivity (Wildman–Crippen MR) is 104 cm³/mol. The topological polar surface area (TPSA) is 87.3 Å². The molecule has 0 aliphatic rings. The van der Waals surface area contributed by atoms with Crippen LogP contribution >= 0.6 is 11.6 Å². The maximum absolute atomic E-state index is 12.4. The van der Waals surface area contributed by atoms with Gasteiger partial charge in [0.2, 0.25) is 15.9 Å². The molecule has 0 heterocycles. The van der Waals surface area contributed by atoms with Crippen LogP contribution in [0.3, 0.4) is 0 Å². The SMILES string of the molecule is CCNCc1ccccc1NC(=O)C(C)NS(=O)(=O)c1ccc(Cl)cc1. The van der Waals surface area contributed by atoms with Gasteiger partial charge in [-0.25, -0.2) is 8.42 Å². The van der Waals surface area contributed by atoms with E-state index in [1.807, 2.05) is 25.1 Å². The Hall–Kier alpha value is -1.93. The first-order valence-corrected chi connectivity index (χ1v) is 10.1. The summed E-state index contributed by atoms with van der Waals surface area (Å²) in [6, 6.07) is 12.2. The van der Waals surface area contributed by atoms with Crippen LogP contribution in [0.4, 0.5) is 5.69 Å². The number of carbonyl (C=O) groups is 1. The molecule has 26 heavy (non-hydrogen) atoms. The van der Waals surface area contributed by atoms with Gasteiger partial charge in [0, 0.05) is 17.3 Å². The molecule has 0 aromatic heterocycles.